The summed E-state index contributed by atoms with van der Waals surface area (Å²) < 4.78 is 6.24. The van der Waals surface area contributed by atoms with Crippen molar-refractivity contribution in [2.24, 2.45) is 0 Å². The van der Waals surface area contributed by atoms with Crippen LogP contribution in [0.1, 0.15) is 31.7 Å². The molecule has 3 nitrogen and oxygen atoms in total. The Morgan fingerprint density at radius 3 is 2.85 bits per heavy atom. The molecule has 0 bridgehead atoms. The molecule has 4 heteroatoms. The second-order valence-corrected chi connectivity index (χ2v) is 6.28. The van der Waals surface area contributed by atoms with Crippen LogP contribution in [0, 0.1) is 0 Å². The Hall–Kier alpha value is -0.580. The summed E-state index contributed by atoms with van der Waals surface area (Å²) in [6.45, 7) is 5.95. The number of benzene rings is 1. The Bertz CT molecular complexity index is 421. The van der Waals surface area contributed by atoms with Crippen LogP contribution < -0.4 is 10.2 Å². The van der Waals surface area contributed by atoms with Crippen LogP contribution in [0.2, 0.25) is 0 Å². The van der Waals surface area contributed by atoms with Gasteiger partial charge >= 0.3 is 0 Å². The molecule has 1 aromatic carbocycles. The molecule has 1 N–H and O–H groups in total. The number of hydrogen-bond acceptors (Lipinski definition) is 3. The third kappa shape index (κ3) is 4.47. The molecule has 0 amide bonds. The lowest BCUT2D eigenvalue weighted by molar-refractivity contribution is 0.199. The third-order valence-electron chi connectivity index (χ3n) is 3.61. The molecule has 0 radical (unpaired) electrons. The van der Waals surface area contributed by atoms with Gasteiger partial charge in [0.05, 0.1) is 6.61 Å². The first-order chi connectivity index (χ1) is 9.76. The van der Waals surface area contributed by atoms with E-state index in [1.54, 1.807) is 7.11 Å². The standard InChI is InChI=1S/C16H25BrN2O/c1-3-9-19(15-6-7-15)16-11-14(17)5-4-13(16)12-18-8-10-20-2/h4-5,11,15,18H,3,6-10,12H2,1-2H3. The summed E-state index contributed by atoms with van der Waals surface area (Å²) in [5, 5.41) is 3.45. The predicted molar refractivity (Wildman–Crippen MR) is 88.4 cm³/mol. The Balaban J connectivity index is 2.09. The van der Waals surface area contributed by atoms with E-state index in [2.05, 4.69) is 51.3 Å². The van der Waals surface area contributed by atoms with Crippen molar-refractivity contribution in [2.75, 3.05) is 31.7 Å². The molecule has 1 fully saturated rings. The molecule has 0 aromatic heterocycles. The maximum Gasteiger partial charge on any atom is 0.0587 e. The van der Waals surface area contributed by atoms with Crippen molar-refractivity contribution in [1.29, 1.82) is 0 Å². The highest BCUT2D eigenvalue weighted by Gasteiger charge is 2.29. The normalized spacial score (nSPS) is 14.6. The van der Waals surface area contributed by atoms with Crippen molar-refractivity contribution in [3.05, 3.63) is 28.2 Å². The maximum atomic E-state index is 5.08. The van der Waals surface area contributed by atoms with E-state index >= 15 is 0 Å². The number of nitrogens with zero attached hydrogens (tertiary/aromatic N) is 1. The van der Waals surface area contributed by atoms with Gasteiger partial charge in [-0.3, -0.25) is 0 Å². The maximum absolute atomic E-state index is 5.08. The van der Waals surface area contributed by atoms with E-state index in [-0.39, 0.29) is 0 Å². The fraction of sp³-hybridized carbons (Fsp3) is 0.625. The van der Waals surface area contributed by atoms with Crippen LogP contribution in [-0.2, 0) is 11.3 Å². The van der Waals surface area contributed by atoms with Crippen LogP contribution in [0.15, 0.2) is 22.7 Å². The van der Waals surface area contributed by atoms with Crippen molar-refractivity contribution in [1.82, 2.24) is 5.32 Å². The van der Waals surface area contributed by atoms with Crippen molar-refractivity contribution in [3.8, 4) is 0 Å². The van der Waals surface area contributed by atoms with Crippen molar-refractivity contribution < 1.29 is 4.74 Å². The van der Waals surface area contributed by atoms with Gasteiger partial charge in [-0.15, -0.1) is 0 Å². The average molecular weight is 341 g/mol. The van der Waals surface area contributed by atoms with E-state index in [0.29, 0.717) is 0 Å². The van der Waals surface area contributed by atoms with E-state index < -0.39 is 0 Å². The molecule has 1 aromatic rings. The van der Waals surface area contributed by atoms with Gasteiger partial charge in [0, 0.05) is 42.9 Å². The van der Waals surface area contributed by atoms with E-state index in [4.69, 9.17) is 4.74 Å². The first-order valence-electron chi connectivity index (χ1n) is 7.51. The number of ether oxygens (including phenoxy) is 1. The highest BCUT2D eigenvalue weighted by atomic mass is 79.9. The average Bonchev–Trinajstić information content (AvgIpc) is 3.27. The van der Waals surface area contributed by atoms with Gasteiger partial charge in [0.15, 0.2) is 0 Å². The van der Waals surface area contributed by atoms with E-state index in [9.17, 15) is 0 Å². The van der Waals surface area contributed by atoms with Crippen LogP contribution >= 0.6 is 15.9 Å². The fourth-order valence-electron chi connectivity index (χ4n) is 2.48. The number of anilines is 1. The summed E-state index contributed by atoms with van der Waals surface area (Å²) in [5.41, 5.74) is 2.76. The molecule has 0 saturated heterocycles. The largest absolute Gasteiger partial charge is 0.383 e. The molecule has 112 valence electrons. The number of rotatable bonds is 9. The molecule has 1 saturated carbocycles. The van der Waals surface area contributed by atoms with Gasteiger partial charge in [-0.05, 0) is 37.0 Å². The molecular weight excluding hydrogens is 316 g/mol. The summed E-state index contributed by atoms with van der Waals surface area (Å²) in [5.74, 6) is 0. The van der Waals surface area contributed by atoms with Gasteiger partial charge in [0.2, 0.25) is 0 Å². The highest BCUT2D eigenvalue weighted by Crippen LogP contribution is 2.35. The monoisotopic (exact) mass is 340 g/mol. The minimum atomic E-state index is 0.752. The summed E-state index contributed by atoms with van der Waals surface area (Å²) in [6.07, 6.45) is 3.87. The van der Waals surface area contributed by atoms with E-state index in [0.717, 1.165) is 36.8 Å². The van der Waals surface area contributed by atoms with Gasteiger partial charge in [0.25, 0.3) is 0 Å². The second kappa shape index (κ2) is 8.01. The Morgan fingerprint density at radius 2 is 2.20 bits per heavy atom. The van der Waals surface area contributed by atoms with Crippen LogP contribution in [0.25, 0.3) is 0 Å². The Labute approximate surface area is 130 Å². The number of hydrogen-bond donors (Lipinski definition) is 1. The van der Waals surface area contributed by atoms with Gasteiger partial charge in [-0.1, -0.05) is 28.9 Å². The lowest BCUT2D eigenvalue weighted by Crippen LogP contribution is -2.28. The molecule has 0 atom stereocenters. The molecule has 0 aliphatic heterocycles. The van der Waals surface area contributed by atoms with Crippen LogP contribution in [0.4, 0.5) is 5.69 Å². The zero-order valence-electron chi connectivity index (χ0n) is 12.5. The molecule has 0 unspecified atom stereocenters. The Kier molecular flexibility index (Phi) is 6.33. The van der Waals surface area contributed by atoms with Gasteiger partial charge < -0.3 is 15.0 Å². The van der Waals surface area contributed by atoms with Crippen LogP contribution in [-0.4, -0.2) is 32.8 Å². The van der Waals surface area contributed by atoms with E-state index in [1.807, 2.05) is 0 Å². The lowest BCUT2D eigenvalue weighted by Gasteiger charge is -2.27. The molecular formula is C16H25BrN2O. The van der Waals surface area contributed by atoms with Gasteiger partial charge in [-0.25, -0.2) is 0 Å². The topological polar surface area (TPSA) is 24.5 Å². The number of methoxy groups -OCH3 is 1. The van der Waals surface area contributed by atoms with Gasteiger partial charge in [0.1, 0.15) is 0 Å². The number of halogens is 1. The van der Waals surface area contributed by atoms with Crippen molar-refractivity contribution in [3.63, 3.8) is 0 Å². The summed E-state index contributed by atoms with van der Waals surface area (Å²) >= 11 is 3.61. The SMILES string of the molecule is CCCN(c1cc(Br)ccc1CNCCOC)C1CC1. The molecule has 0 heterocycles. The van der Waals surface area contributed by atoms with Crippen LogP contribution in [0.5, 0.6) is 0 Å². The summed E-state index contributed by atoms with van der Waals surface area (Å²) in [7, 11) is 1.74. The minimum absolute atomic E-state index is 0.752. The second-order valence-electron chi connectivity index (χ2n) is 5.37. The number of nitrogens with one attached hydrogen (secondary N) is 1. The van der Waals surface area contributed by atoms with Gasteiger partial charge in [-0.2, -0.15) is 0 Å². The highest BCUT2D eigenvalue weighted by molar-refractivity contribution is 9.10. The first kappa shape index (κ1) is 15.8. The molecule has 0 spiro atoms. The first-order valence-corrected chi connectivity index (χ1v) is 8.30. The molecule has 1 aliphatic carbocycles. The Morgan fingerprint density at radius 1 is 1.40 bits per heavy atom. The van der Waals surface area contributed by atoms with Crippen LogP contribution in [0.3, 0.4) is 0 Å². The fourth-order valence-corrected chi connectivity index (χ4v) is 2.83. The lowest BCUT2D eigenvalue weighted by atomic mass is 10.1. The minimum Gasteiger partial charge on any atom is -0.383 e. The summed E-state index contributed by atoms with van der Waals surface area (Å²) in [6, 6.07) is 7.38. The third-order valence-corrected chi connectivity index (χ3v) is 4.10. The summed E-state index contributed by atoms with van der Waals surface area (Å²) in [4.78, 5) is 2.58. The molecule has 1 aliphatic rings. The van der Waals surface area contributed by atoms with Crippen molar-refractivity contribution in [2.45, 2.75) is 38.8 Å². The quantitative estimate of drug-likeness (QED) is 0.695. The van der Waals surface area contributed by atoms with E-state index in [1.165, 1.54) is 30.5 Å². The zero-order chi connectivity index (χ0) is 14.4. The molecule has 20 heavy (non-hydrogen) atoms. The van der Waals surface area contributed by atoms with Crippen molar-refractivity contribution >= 4 is 21.6 Å². The zero-order valence-corrected chi connectivity index (χ0v) is 14.1. The molecule has 2 rings (SSSR count). The smallest absolute Gasteiger partial charge is 0.0587 e. The predicted octanol–water partition coefficient (Wildman–Crippen LogP) is 3.56.